The molecule has 2 N–H and O–H groups in total. The number of rotatable bonds is 6. The van der Waals surface area contributed by atoms with Gasteiger partial charge < -0.3 is 10.6 Å². The first-order valence-corrected chi connectivity index (χ1v) is 4.34. The summed E-state index contributed by atoms with van der Waals surface area (Å²) < 4.78 is 0. The zero-order chi connectivity index (χ0) is 9.40. The second-order valence-corrected chi connectivity index (χ2v) is 2.80. The molecule has 0 spiro atoms. The molecular formula is C9H18N2O. The highest BCUT2D eigenvalue weighted by Gasteiger charge is 2.00. The van der Waals surface area contributed by atoms with Gasteiger partial charge in [0, 0.05) is 12.6 Å². The van der Waals surface area contributed by atoms with Crippen molar-refractivity contribution in [2.24, 2.45) is 0 Å². The van der Waals surface area contributed by atoms with Gasteiger partial charge >= 0.3 is 0 Å². The summed E-state index contributed by atoms with van der Waals surface area (Å²) in [5, 5.41) is 5.98. The van der Waals surface area contributed by atoms with Gasteiger partial charge in [-0.25, -0.2) is 0 Å². The van der Waals surface area contributed by atoms with E-state index < -0.39 is 0 Å². The Bertz CT molecular complexity index is 145. The number of carbonyl (C=O) groups excluding carboxylic acids is 1. The molecule has 70 valence electrons. The van der Waals surface area contributed by atoms with E-state index in [4.69, 9.17) is 0 Å². The van der Waals surface area contributed by atoms with Gasteiger partial charge in [-0.1, -0.05) is 13.5 Å². The molecule has 1 amide bonds. The first-order chi connectivity index (χ1) is 5.70. The van der Waals surface area contributed by atoms with Gasteiger partial charge in [0.05, 0.1) is 0 Å². The van der Waals surface area contributed by atoms with E-state index in [0.29, 0.717) is 12.6 Å². The molecule has 0 saturated heterocycles. The maximum absolute atomic E-state index is 10.7. The molecule has 0 fully saturated rings. The third-order valence-corrected chi connectivity index (χ3v) is 1.51. The standard InChI is InChI=1S/C9H18N2O/c1-4-6-10-8(3)7-11-9(12)5-2/h5,8,10H,2,4,6-7H2,1,3H3,(H,11,12). The Morgan fingerprint density at radius 2 is 2.33 bits per heavy atom. The maximum Gasteiger partial charge on any atom is 0.243 e. The molecule has 0 aliphatic carbocycles. The van der Waals surface area contributed by atoms with Crippen molar-refractivity contribution in [2.45, 2.75) is 26.3 Å². The van der Waals surface area contributed by atoms with Crippen LogP contribution in [0.1, 0.15) is 20.3 Å². The first-order valence-electron chi connectivity index (χ1n) is 4.34. The Hall–Kier alpha value is -0.830. The van der Waals surface area contributed by atoms with Crippen LogP contribution in [0.5, 0.6) is 0 Å². The smallest absolute Gasteiger partial charge is 0.243 e. The summed E-state index contributed by atoms with van der Waals surface area (Å²) in [6, 6.07) is 0.328. The molecule has 0 heterocycles. The van der Waals surface area contributed by atoms with Crippen LogP contribution in [-0.4, -0.2) is 25.0 Å². The highest BCUT2D eigenvalue weighted by atomic mass is 16.1. The first kappa shape index (κ1) is 11.2. The minimum absolute atomic E-state index is 0.111. The third-order valence-electron chi connectivity index (χ3n) is 1.51. The highest BCUT2D eigenvalue weighted by molar-refractivity contribution is 5.86. The van der Waals surface area contributed by atoms with Crippen molar-refractivity contribution in [1.29, 1.82) is 0 Å². The van der Waals surface area contributed by atoms with Crippen LogP contribution < -0.4 is 10.6 Å². The molecule has 0 saturated carbocycles. The topological polar surface area (TPSA) is 41.1 Å². The van der Waals surface area contributed by atoms with Gasteiger partial charge in [0.1, 0.15) is 0 Å². The second-order valence-electron chi connectivity index (χ2n) is 2.80. The van der Waals surface area contributed by atoms with Gasteiger partial charge in [0.2, 0.25) is 5.91 Å². The van der Waals surface area contributed by atoms with Crippen LogP contribution in [0.2, 0.25) is 0 Å². The van der Waals surface area contributed by atoms with Crippen LogP contribution in [0.15, 0.2) is 12.7 Å². The summed E-state index contributed by atoms with van der Waals surface area (Å²) in [5.74, 6) is -0.111. The molecule has 0 aromatic heterocycles. The Morgan fingerprint density at radius 3 is 2.83 bits per heavy atom. The Morgan fingerprint density at radius 1 is 1.67 bits per heavy atom. The van der Waals surface area contributed by atoms with Gasteiger partial charge in [-0.05, 0) is 26.0 Å². The van der Waals surface area contributed by atoms with E-state index in [-0.39, 0.29) is 5.91 Å². The SMILES string of the molecule is C=CC(=O)NCC(C)NCCC. The maximum atomic E-state index is 10.7. The molecule has 3 nitrogen and oxygen atoms in total. The Labute approximate surface area is 74.2 Å². The fraction of sp³-hybridized carbons (Fsp3) is 0.667. The summed E-state index contributed by atoms with van der Waals surface area (Å²) in [6.07, 6.45) is 2.40. The van der Waals surface area contributed by atoms with E-state index in [2.05, 4.69) is 24.1 Å². The van der Waals surface area contributed by atoms with Crippen LogP contribution in [0.3, 0.4) is 0 Å². The highest BCUT2D eigenvalue weighted by Crippen LogP contribution is 1.80. The van der Waals surface area contributed by atoms with Crippen LogP contribution in [-0.2, 0) is 4.79 Å². The van der Waals surface area contributed by atoms with E-state index in [9.17, 15) is 4.79 Å². The Kier molecular flexibility index (Phi) is 6.38. The summed E-state index contributed by atoms with van der Waals surface area (Å²) in [7, 11) is 0. The van der Waals surface area contributed by atoms with Crippen molar-refractivity contribution in [1.82, 2.24) is 10.6 Å². The van der Waals surface area contributed by atoms with Gasteiger partial charge in [-0.2, -0.15) is 0 Å². The predicted octanol–water partition coefficient (Wildman–Crippen LogP) is 0.677. The minimum Gasteiger partial charge on any atom is -0.351 e. The molecule has 0 aliphatic heterocycles. The van der Waals surface area contributed by atoms with Crippen molar-refractivity contribution < 1.29 is 4.79 Å². The van der Waals surface area contributed by atoms with Gasteiger partial charge in [0.25, 0.3) is 0 Å². The minimum atomic E-state index is -0.111. The van der Waals surface area contributed by atoms with E-state index in [1.807, 2.05) is 6.92 Å². The number of nitrogens with one attached hydrogen (secondary N) is 2. The third kappa shape index (κ3) is 5.92. The molecule has 3 heteroatoms. The summed E-state index contributed by atoms with van der Waals surface area (Å²) >= 11 is 0. The lowest BCUT2D eigenvalue weighted by Gasteiger charge is -2.12. The molecule has 0 aliphatic rings. The lowest BCUT2D eigenvalue weighted by molar-refractivity contribution is -0.116. The monoisotopic (exact) mass is 170 g/mol. The van der Waals surface area contributed by atoms with E-state index in [1.165, 1.54) is 6.08 Å². The molecule has 0 aromatic rings. The number of hydrogen-bond acceptors (Lipinski definition) is 2. The molecule has 12 heavy (non-hydrogen) atoms. The van der Waals surface area contributed by atoms with Crippen molar-refractivity contribution in [3.8, 4) is 0 Å². The molecule has 1 atom stereocenters. The van der Waals surface area contributed by atoms with Gasteiger partial charge in [-0.15, -0.1) is 0 Å². The number of hydrogen-bond donors (Lipinski definition) is 2. The molecule has 0 radical (unpaired) electrons. The Balaban J connectivity index is 3.36. The van der Waals surface area contributed by atoms with Crippen molar-refractivity contribution >= 4 is 5.91 Å². The van der Waals surface area contributed by atoms with Crippen LogP contribution in [0, 0.1) is 0 Å². The summed E-state index contributed by atoms with van der Waals surface area (Å²) in [6.45, 7) is 9.17. The lowest BCUT2D eigenvalue weighted by atomic mass is 10.3. The zero-order valence-corrected chi connectivity index (χ0v) is 7.89. The quantitative estimate of drug-likeness (QED) is 0.575. The lowest BCUT2D eigenvalue weighted by Crippen LogP contribution is -2.38. The normalized spacial score (nSPS) is 12.2. The number of carbonyl (C=O) groups is 1. The van der Waals surface area contributed by atoms with Crippen molar-refractivity contribution in [3.63, 3.8) is 0 Å². The average molecular weight is 170 g/mol. The van der Waals surface area contributed by atoms with Crippen LogP contribution in [0.25, 0.3) is 0 Å². The summed E-state index contributed by atoms with van der Waals surface area (Å²) in [4.78, 5) is 10.7. The van der Waals surface area contributed by atoms with Crippen molar-refractivity contribution in [2.75, 3.05) is 13.1 Å². The van der Waals surface area contributed by atoms with E-state index in [0.717, 1.165) is 13.0 Å². The molecule has 0 bridgehead atoms. The molecule has 1 unspecified atom stereocenters. The second kappa shape index (κ2) is 6.85. The van der Waals surface area contributed by atoms with Crippen LogP contribution in [0.4, 0.5) is 0 Å². The van der Waals surface area contributed by atoms with Crippen LogP contribution >= 0.6 is 0 Å². The fourth-order valence-electron chi connectivity index (χ4n) is 0.789. The average Bonchev–Trinajstić information content (AvgIpc) is 2.10. The molecule has 0 aromatic carbocycles. The molecular weight excluding hydrogens is 152 g/mol. The number of amides is 1. The zero-order valence-electron chi connectivity index (χ0n) is 7.89. The van der Waals surface area contributed by atoms with E-state index >= 15 is 0 Å². The fourth-order valence-corrected chi connectivity index (χ4v) is 0.789. The predicted molar refractivity (Wildman–Crippen MR) is 51.0 cm³/mol. The summed E-state index contributed by atoms with van der Waals surface area (Å²) in [5.41, 5.74) is 0. The molecule has 0 rings (SSSR count). The van der Waals surface area contributed by atoms with Gasteiger partial charge in [-0.3, -0.25) is 4.79 Å². The van der Waals surface area contributed by atoms with Gasteiger partial charge in [0.15, 0.2) is 0 Å². The largest absolute Gasteiger partial charge is 0.351 e. The van der Waals surface area contributed by atoms with Crippen molar-refractivity contribution in [3.05, 3.63) is 12.7 Å². The van der Waals surface area contributed by atoms with E-state index in [1.54, 1.807) is 0 Å².